The van der Waals surface area contributed by atoms with E-state index >= 15 is 0 Å². The Labute approximate surface area is 169 Å². The molecule has 0 radical (unpaired) electrons. The molecule has 0 fully saturated rings. The maximum Gasteiger partial charge on any atom is 0.325 e. The smallest absolute Gasteiger partial charge is 0.325 e. The molecule has 7 N–H and O–H groups in total. The van der Waals surface area contributed by atoms with Gasteiger partial charge in [-0.2, -0.15) is 0 Å². The lowest BCUT2D eigenvalue weighted by Crippen LogP contribution is -2.58. The predicted molar refractivity (Wildman–Crippen MR) is 104 cm³/mol. The first-order chi connectivity index (χ1) is 13.3. The average Bonchev–Trinajstić information content (AvgIpc) is 2.56. The highest BCUT2D eigenvalue weighted by Gasteiger charge is 2.31. The fraction of sp³-hybridized carbons (Fsp3) is 0.722. The number of carboxylic acid groups (broad SMARTS) is 2. The number of aliphatic carboxylic acids is 2. The van der Waals surface area contributed by atoms with E-state index in [1.165, 1.54) is 6.92 Å². The molecule has 0 bridgehead atoms. The molecule has 4 atom stereocenters. The van der Waals surface area contributed by atoms with Crippen molar-refractivity contribution in [1.82, 2.24) is 16.0 Å². The third-order valence-corrected chi connectivity index (χ3v) is 4.05. The van der Waals surface area contributed by atoms with Gasteiger partial charge in [-0.25, -0.2) is 0 Å². The lowest BCUT2D eigenvalue weighted by molar-refractivity contribution is -0.142. The van der Waals surface area contributed by atoms with Gasteiger partial charge in [-0.1, -0.05) is 27.7 Å². The molecule has 0 spiro atoms. The summed E-state index contributed by atoms with van der Waals surface area (Å²) in [5, 5.41) is 25.0. The minimum Gasteiger partial charge on any atom is -0.481 e. The first-order valence-electron chi connectivity index (χ1n) is 9.37. The summed E-state index contributed by atoms with van der Waals surface area (Å²) >= 11 is 0. The molecule has 0 heterocycles. The molecule has 3 amide bonds. The van der Waals surface area contributed by atoms with Crippen LogP contribution >= 0.6 is 0 Å². The first-order valence-corrected chi connectivity index (χ1v) is 9.37. The van der Waals surface area contributed by atoms with E-state index in [4.69, 9.17) is 15.9 Å². The highest BCUT2D eigenvalue weighted by atomic mass is 16.4. The summed E-state index contributed by atoms with van der Waals surface area (Å²) in [5.74, 6) is -4.94. The molecule has 4 unspecified atom stereocenters. The lowest BCUT2D eigenvalue weighted by atomic mass is 9.99. The normalized spacial score (nSPS) is 15.2. The highest BCUT2D eigenvalue weighted by Crippen LogP contribution is 2.09. The molecule has 0 saturated heterocycles. The van der Waals surface area contributed by atoms with Gasteiger partial charge in [0.05, 0.1) is 12.5 Å². The van der Waals surface area contributed by atoms with E-state index in [9.17, 15) is 24.0 Å². The number of rotatable bonds is 12. The van der Waals surface area contributed by atoms with Crippen molar-refractivity contribution < 1.29 is 34.2 Å². The molecule has 0 saturated carbocycles. The van der Waals surface area contributed by atoms with Crippen LogP contribution < -0.4 is 21.7 Å². The quantitative estimate of drug-likeness (QED) is 0.235. The number of nitrogens with two attached hydrogens (primary N) is 1. The number of carboxylic acids is 2. The van der Waals surface area contributed by atoms with Crippen molar-refractivity contribution in [3.8, 4) is 0 Å². The molecule has 11 heteroatoms. The molecule has 11 nitrogen and oxygen atoms in total. The van der Waals surface area contributed by atoms with Crippen LogP contribution in [0.5, 0.6) is 0 Å². The number of hydrogen-bond donors (Lipinski definition) is 6. The lowest BCUT2D eigenvalue weighted by Gasteiger charge is -2.27. The predicted octanol–water partition coefficient (Wildman–Crippen LogP) is -0.951. The summed E-state index contributed by atoms with van der Waals surface area (Å²) in [6, 6.07) is -4.52. The van der Waals surface area contributed by atoms with Crippen LogP contribution in [0.25, 0.3) is 0 Å². The molecule has 0 aliphatic rings. The third kappa shape index (κ3) is 9.88. The Morgan fingerprint density at radius 2 is 1.38 bits per heavy atom. The van der Waals surface area contributed by atoms with Crippen molar-refractivity contribution in [2.75, 3.05) is 0 Å². The van der Waals surface area contributed by atoms with E-state index in [2.05, 4.69) is 16.0 Å². The SMILES string of the molecule is CC(C)CC(NC(=O)C(NC(=O)C(N)CC(=O)O)C(C)C)C(=O)NC(C)C(=O)O. The maximum atomic E-state index is 12.7. The summed E-state index contributed by atoms with van der Waals surface area (Å²) in [5.41, 5.74) is 5.52. The standard InChI is InChI=1S/C18H32N4O7/c1-8(2)6-12(16(26)20-10(5)18(28)29)21-17(27)14(9(3)4)22-15(25)11(19)7-13(23)24/h8-12,14H,6-7,19H2,1-5H3,(H,20,26)(H,21,27)(H,22,25)(H,23,24)(H,28,29). The second-order valence-corrected chi connectivity index (χ2v) is 7.69. The Morgan fingerprint density at radius 3 is 1.79 bits per heavy atom. The molecular formula is C18H32N4O7. The number of nitrogens with one attached hydrogen (secondary N) is 3. The van der Waals surface area contributed by atoms with E-state index in [0.717, 1.165) is 0 Å². The summed E-state index contributed by atoms with van der Waals surface area (Å²) in [6.07, 6.45) is -0.342. The monoisotopic (exact) mass is 416 g/mol. The summed E-state index contributed by atoms with van der Waals surface area (Å²) < 4.78 is 0. The van der Waals surface area contributed by atoms with Crippen LogP contribution in [0, 0.1) is 11.8 Å². The summed E-state index contributed by atoms with van der Waals surface area (Å²) in [6.45, 7) is 8.30. The largest absolute Gasteiger partial charge is 0.481 e. The highest BCUT2D eigenvalue weighted by molar-refractivity contribution is 5.94. The zero-order chi connectivity index (χ0) is 22.9. The van der Waals surface area contributed by atoms with Gasteiger partial charge in [0.2, 0.25) is 17.7 Å². The molecule has 29 heavy (non-hydrogen) atoms. The van der Waals surface area contributed by atoms with Crippen molar-refractivity contribution in [3.05, 3.63) is 0 Å². The minimum absolute atomic E-state index is 0.0160. The number of carbonyl (C=O) groups excluding carboxylic acids is 3. The first kappa shape index (κ1) is 26.3. The van der Waals surface area contributed by atoms with Crippen LogP contribution in [0.1, 0.15) is 47.5 Å². The van der Waals surface area contributed by atoms with Gasteiger partial charge >= 0.3 is 11.9 Å². The van der Waals surface area contributed by atoms with Crippen molar-refractivity contribution >= 4 is 29.7 Å². The average molecular weight is 416 g/mol. The van der Waals surface area contributed by atoms with E-state index in [1.807, 2.05) is 13.8 Å². The fourth-order valence-electron chi connectivity index (χ4n) is 2.42. The third-order valence-electron chi connectivity index (χ3n) is 4.05. The van der Waals surface area contributed by atoms with Crippen LogP contribution in [0.3, 0.4) is 0 Å². The Morgan fingerprint density at radius 1 is 0.828 bits per heavy atom. The Bertz CT molecular complexity index is 621. The van der Waals surface area contributed by atoms with Crippen LogP contribution in [-0.4, -0.2) is 64.0 Å². The van der Waals surface area contributed by atoms with Crippen LogP contribution in [0.4, 0.5) is 0 Å². The molecular weight excluding hydrogens is 384 g/mol. The van der Waals surface area contributed by atoms with Crippen molar-refractivity contribution in [1.29, 1.82) is 0 Å². The van der Waals surface area contributed by atoms with Gasteiger partial charge in [-0.3, -0.25) is 24.0 Å². The van der Waals surface area contributed by atoms with Gasteiger partial charge in [0, 0.05) is 0 Å². The Balaban J connectivity index is 5.28. The number of amides is 3. The van der Waals surface area contributed by atoms with E-state index in [-0.39, 0.29) is 18.3 Å². The van der Waals surface area contributed by atoms with Gasteiger partial charge in [-0.15, -0.1) is 0 Å². The van der Waals surface area contributed by atoms with Crippen molar-refractivity contribution in [3.63, 3.8) is 0 Å². The van der Waals surface area contributed by atoms with Crippen LogP contribution in [0.2, 0.25) is 0 Å². The fourth-order valence-corrected chi connectivity index (χ4v) is 2.42. The van der Waals surface area contributed by atoms with Gasteiger partial charge in [0.25, 0.3) is 0 Å². The Kier molecular flexibility index (Phi) is 10.9. The second-order valence-electron chi connectivity index (χ2n) is 7.69. The molecule has 0 aromatic carbocycles. The maximum absolute atomic E-state index is 12.7. The minimum atomic E-state index is -1.33. The van der Waals surface area contributed by atoms with Gasteiger partial charge in [-0.05, 0) is 25.2 Å². The zero-order valence-electron chi connectivity index (χ0n) is 17.4. The summed E-state index contributed by atoms with van der Waals surface area (Å²) in [4.78, 5) is 58.9. The van der Waals surface area contributed by atoms with E-state index < -0.39 is 60.2 Å². The summed E-state index contributed by atoms with van der Waals surface area (Å²) in [7, 11) is 0. The van der Waals surface area contributed by atoms with Crippen LogP contribution in [0.15, 0.2) is 0 Å². The number of carbonyl (C=O) groups is 5. The number of hydrogen-bond acceptors (Lipinski definition) is 6. The zero-order valence-corrected chi connectivity index (χ0v) is 17.4. The Hall–Kier alpha value is -2.69. The molecule has 0 aliphatic heterocycles. The van der Waals surface area contributed by atoms with Crippen molar-refractivity contribution in [2.24, 2.45) is 17.6 Å². The topological polar surface area (TPSA) is 188 Å². The second kappa shape index (κ2) is 12.0. The van der Waals surface area contributed by atoms with E-state index in [1.54, 1.807) is 13.8 Å². The molecule has 0 aromatic heterocycles. The molecule has 0 aromatic rings. The van der Waals surface area contributed by atoms with Gasteiger partial charge < -0.3 is 31.9 Å². The van der Waals surface area contributed by atoms with Gasteiger partial charge in [0.15, 0.2) is 0 Å². The van der Waals surface area contributed by atoms with Crippen LogP contribution in [-0.2, 0) is 24.0 Å². The van der Waals surface area contributed by atoms with Crippen molar-refractivity contribution in [2.45, 2.75) is 71.6 Å². The molecule has 0 rings (SSSR count). The molecule has 166 valence electrons. The molecule has 0 aliphatic carbocycles. The van der Waals surface area contributed by atoms with Gasteiger partial charge in [0.1, 0.15) is 18.1 Å². The van der Waals surface area contributed by atoms with E-state index in [0.29, 0.717) is 0 Å².